The number of hydrogen-bond donors (Lipinski definition) is 1. The molecule has 3 rings (SSSR count). The van der Waals surface area contributed by atoms with Crippen molar-refractivity contribution in [3.05, 3.63) is 30.1 Å². The molecule has 5 heteroatoms. The van der Waals surface area contributed by atoms with Gasteiger partial charge in [0, 0.05) is 19.9 Å². The first-order valence-corrected chi connectivity index (χ1v) is 6.55. The van der Waals surface area contributed by atoms with E-state index in [0.29, 0.717) is 26.1 Å². The number of ether oxygens (including phenoxy) is 2. The number of fused-ring (bicyclic) bond motifs is 1. The molecule has 1 unspecified atom stereocenters. The maximum Gasteiger partial charge on any atom is 0.160 e. The molecule has 5 nitrogen and oxygen atoms in total. The lowest BCUT2D eigenvalue weighted by molar-refractivity contribution is -0.0701. The van der Waals surface area contributed by atoms with E-state index < -0.39 is 6.10 Å². The van der Waals surface area contributed by atoms with Gasteiger partial charge in [-0.1, -0.05) is 12.1 Å². The lowest BCUT2D eigenvalue weighted by atomic mass is 10.2. The highest BCUT2D eigenvalue weighted by molar-refractivity contribution is 5.75. The summed E-state index contributed by atoms with van der Waals surface area (Å²) in [5.41, 5.74) is 2.04. The number of hydrogen-bond acceptors (Lipinski definition) is 4. The van der Waals surface area contributed by atoms with Crippen LogP contribution in [0, 0.1) is 0 Å². The number of imidazole rings is 1. The summed E-state index contributed by atoms with van der Waals surface area (Å²) in [6.07, 6.45) is 0.223. The minimum absolute atomic E-state index is 0.273. The second-order valence-corrected chi connectivity index (χ2v) is 4.84. The Labute approximate surface area is 111 Å². The Bertz CT molecular complexity index is 561. The molecule has 1 N–H and O–H groups in total. The highest BCUT2D eigenvalue weighted by atomic mass is 16.7. The Morgan fingerprint density at radius 3 is 2.84 bits per heavy atom. The zero-order valence-corrected chi connectivity index (χ0v) is 11.0. The fraction of sp³-hybridized carbons (Fsp3) is 0.500. The van der Waals surface area contributed by atoms with Gasteiger partial charge in [-0.2, -0.15) is 0 Å². The molecule has 0 spiro atoms. The first-order chi connectivity index (χ1) is 9.24. The Morgan fingerprint density at radius 2 is 2.11 bits per heavy atom. The molecule has 2 heterocycles. The van der Waals surface area contributed by atoms with E-state index >= 15 is 0 Å². The van der Waals surface area contributed by atoms with E-state index in [4.69, 9.17) is 9.47 Å². The van der Waals surface area contributed by atoms with Crippen LogP contribution < -0.4 is 0 Å². The monoisotopic (exact) mass is 262 g/mol. The molecule has 1 aliphatic rings. The van der Waals surface area contributed by atoms with Crippen molar-refractivity contribution in [3.8, 4) is 0 Å². The van der Waals surface area contributed by atoms with Crippen molar-refractivity contribution < 1.29 is 14.6 Å². The molecule has 0 bridgehead atoms. The lowest BCUT2D eigenvalue weighted by Gasteiger charge is -2.14. The van der Waals surface area contributed by atoms with E-state index in [2.05, 4.69) is 4.98 Å². The van der Waals surface area contributed by atoms with E-state index in [1.165, 1.54) is 0 Å². The molecule has 1 fully saturated rings. The van der Waals surface area contributed by atoms with Crippen molar-refractivity contribution in [2.45, 2.75) is 25.2 Å². The van der Waals surface area contributed by atoms with Gasteiger partial charge >= 0.3 is 0 Å². The lowest BCUT2D eigenvalue weighted by Crippen LogP contribution is -2.21. The zero-order chi connectivity index (χ0) is 13.2. The number of aliphatic hydroxyl groups is 1. The van der Waals surface area contributed by atoms with Gasteiger partial charge in [-0.3, -0.25) is 0 Å². The first kappa shape index (κ1) is 12.6. The van der Waals surface area contributed by atoms with Gasteiger partial charge < -0.3 is 19.1 Å². The number of rotatable bonds is 4. The number of aromatic nitrogens is 2. The third-order valence-electron chi connectivity index (χ3n) is 3.45. The Balaban J connectivity index is 1.71. The van der Waals surface area contributed by atoms with Gasteiger partial charge in [0.2, 0.25) is 0 Å². The molecule has 0 amide bonds. The molecule has 1 saturated heterocycles. The molecule has 1 aromatic heterocycles. The van der Waals surface area contributed by atoms with Crippen molar-refractivity contribution in [2.75, 3.05) is 13.2 Å². The van der Waals surface area contributed by atoms with Gasteiger partial charge in [-0.05, 0) is 12.1 Å². The summed E-state index contributed by atoms with van der Waals surface area (Å²) < 4.78 is 12.7. The highest BCUT2D eigenvalue weighted by Gasteiger charge is 2.21. The summed E-state index contributed by atoms with van der Waals surface area (Å²) in [6, 6.07) is 7.97. The van der Waals surface area contributed by atoms with Gasteiger partial charge in [0.25, 0.3) is 0 Å². The van der Waals surface area contributed by atoms with Crippen LogP contribution in [0.3, 0.4) is 0 Å². The maximum atomic E-state index is 10.1. The van der Waals surface area contributed by atoms with Gasteiger partial charge in [-0.15, -0.1) is 0 Å². The van der Waals surface area contributed by atoms with E-state index in [-0.39, 0.29) is 6.29 Å². The predicted octanol–water partition coefficient (Wildman–Crippen LogP) is 1.24. The smallest absolute Gasteiger partial charge is 0.160 e. The van der Waals surface area contributed by atoms with Crippen LogP contribution in [-0.2, 0) is 22.9 Å². The third kappa shape index (κ3) is 2.63. The van der Waals surface area contributed by atoms with Crippen molar-refractivity contribution in [1.29, 1.82) is 0 Å². The Morgan fingerprint density at radius 1 is 1.37 bits per heavy atom. The van der Waals surface area contributed by atoms with E-state index in [1.54, 1.807) is 0 Å². The quantitative estimate of drug-likeness (QED) is 0.900. The van der Waals surface area contributed by atoms with Crippen molar-refractivity contribution >= 4 is 11.0 Å². The Hall–Kier alpha value is -1.43. The van der Waals surface area contributed by atoms with Crippen LogP contribution in [0.15, 0.2) is 24.3 Å². The van der Waals surface area contributed by atoms with Crippen LogP contribution in [0.25, 0.3) is 11.0 Å². The average molecular weight is 262 g/mol. The SMILES string of the molecule is Cn1c(CC(O)CC2OCCO2)nc2ccccc21. The van der Waals surface area contributed by atoms with Crippen LogP contribution in [0.2, 0.25) is 0 Å². The molecular weight excluding hydrogens is 244 g/mol. The van der Waals surface area contributed by atoms with Gasteiger partial charge in [0.1, 0.15) is 5.82 Å². The summed E-state index contributed by atoms with van der Waals surface area (Å²) in [4.78, 5) is 4.55. The molecule has 1 aliphatic heterocycles. The maximum absolute atomic E-state index is 10.1. The minimum Gasteiger partial charge on any atom is -0.392 e. The number of aliphatic hydroxyl groups excluding tert-OH is 1. The Kier molecular flexibility index (Phi) is 3.50. The fourth-order valence-electron chi connectivity index (χ4n) is 2.44. The molecular formula is C14H18N2O3. The number of aryl methyl sites for hydroxylation is 1. The van der Waals surface area contributed by atoms with Gasteiger partial charge in [-0.25, -0.2) is 4.98 Å². The number of nitrogens with zero attached hydrogens (tertiary/aromatic N) is 2. The highest BCUT2D eigenvalue weighted by Crippen LogP contribution is 2.17. The number of benzene rings is 1. The second-order valence-electron chi connectivity index (χ2n) is 4.84. The van der Waals surface area contributed by atoms with E-state index in [0.717, 1.165) is 16.9 Å². The van der Waals surface area contributed by atoms with Crippen molar-refractivity contribution in [3.63, 3.8) is 0 Å². The third-order valence-corrected chi connectivity index (χ3v) is 3.45. The van der Waals surface area contributed by atoms with Gasteiger partial charge in [0.05, 0.1) is 30.4 Å². The first-order valence-electron chi connectivity index (χ1n) is 6.55. The fourth-order valence-corrected chi connectivity index (χ4v) is 2.44. The second kappa shape index (κ2) is 5.28. The molecule has 0 aliphatic carbocycles. The predicted molar refractivity (Wildman–Crippen MR) is 70.7 cm³/mol. The van der Waals surface area contributed by atoms with Crippen LogP contribution in [0.5, 0.6) is 0 Å². The average Bonchev–Trinajstić information content (AvgIpc) is 3.00. The van der Waals surface area contributed by atoms with Crippen molar-refractivity contribution in [1.82, 2.24) is 9.55 Å². The van der Waals surface area contributed by atoms with Crippen LogP contribution >= 0.6 is 0 Å². The molecule has 19 heavy (non-hydrogen) atoms. The zero-order valence-electron chi connectivity index (χ0n) is 11.0. The summed E-state index contributed by atoms with van der Waals surface area (Å²) in [6.45, 7) is 1.23. The molecule has 2 aromatic rings. The van der Waals surface area contributed by atoms with E-state index in [1.807, 2.05) is 35.9 Å². The van der Waals surface area contributed by atoms with Gasteiger partial charge in [0.15, 0.2) is 6.29 Å². The summed E-state index contributed by atoms with van der Waals surface area (Å²) in [5, 5.41) is 10.1. The largest absolute Gasteiger partial charge is 0.392 e. The summed E-state index contributed by atoms with van der Waals surface area (Å²) >= 11 is 0. The standard InChI is InChI=1S/C14H18N2O3/c1-16-12-5-3-2-4-11(12)15-13(16)8-10(17)9-14-18-6-7-19-14/h2-5,10,14,17H,6-9H2,1H3. The topological polar surface area (TPSA) is 56.5 Å². The summed E-state index contributed by atoms with van der Waals surface area (Å²) in [7, 11) is 1.97. The molecule has 0 saturated carbocycles. The molecule has 0 radical (unpaired) electrons. The van der Waals surface area contributed by atoms with Crippen LogP contribution in [0.4, 0.5) is 0 Å². The molecule has 1 aromatic carbocycles. The van der Waals surface area contributed by atoms with Crippen LogP contribution in [-0.4, -0.2) is 40.3 Å². The van der Waals surface area contributed by atoms with Crippen molar-refractivity contribution in [2.24, 2.45) is 7.05 Å². The minimum atomic E-state index is -0.501. The van der Waals surface area contributed by atoms with Crippen LogP contribution in [0.1, 0.15) is 12.2 Å². The number of para-hydroxylation sites is 2. The van der Waals surface area contributed by atoms with E-state index in [9.17, 15) is 5.11 Å². The normalized spacial score (nSPS) is 18.2. The molecule has 1 atom stereocenters. The molecule has 102 valence electrons. The summed E-state index contributed by atoms with van der Waals surface area (Å²) in [5.74, 6) is 0.881.